The van der Waals surface area contributed by atoms with Crippen LogP contribution in [0, 0.1) is 6.92 Å². The van der Waals surface area contributed by atoms with Crippen molar-refractivity contribution in [3.05, 3.63) is 97.8 Å². The molecule has 0 aliphatic rings. The molecule has 0 aliphatic heterocycles. The summed E-state index contributed by atoms with van der Waals surface area (Å²) in [5, 5.41) is 1.99. The van der Waals surface area contributed by atoms with E-state index >= 15 is 0 Å². The predicted octanol–water partition coefficient (Wildman–Crippen LogP) is 7.80. The van der Waals surface area contributed by atoms with Crippen molar-refractivity contribution in [1.29, 1.82) is 0 Å². The fourth-order valence-electron chi connectivity index (χ4n) is 3.08. The van der Waals surface area contributed by atoms with Crippen LogP contribution >= 0.6 is 38.9 Å². The van der Waals surface area contributed by atoms with E-state index in [0.717, 1.165) is 27.2 Å². The summed E-state index contributed by atoms with van der Waals surface area (Å²) in [6.07, 6.45) is 0.903. The van der Waals surface area contributed by atoms with Crippen LogP contribution in [-0.4, -0.2) is 0 Å². The molecule has 3 aromatic carbocycles. The van der Waals surface area contributed by atoms with Gasteiger partial charge in [0, 0.05) is 21.0 Å². The molecule has 0 aliphatic carbocycles. The topological polar surface area (TPSA) is 9.23 Å². The third-order valence-corrected chi connectivity index (χ3v) is 6.49. The quantitative estimate of drug-likeness (QED) is 0.297. The average molecular weight is 458 g/mol. The van der Waals surface area contributed by atoms with Crippen molar-refractivity contribution in [1.82, 2.24) is 0 Å². The summed E-state index contributed by atoms with van der Waals surface area (Å²) >= 11 is 11.6. The smallest absolute Gasteiger partial charge is 0.134 e. The van der Waals surface area contributed by atoms with Crippen molar-refractivity contribution in [3.63, 3.8) is 0 Å². The van der Waals surface area contributed by atoms with Crippen molar-refractivity contribution in [2.24, 2.45) is 0 Å². The Bertz CT molecular complexity index is 1090. The number of benzene rings is 3. The van der Waals surface area contributed by atoms with Gasteiger partial charge in [0.25, 0.3) is 0 Å². The van der Waals surface area contributed by atoms with Gasteiger partial charge in [0.05, 0.1) is 4.47 Å². The summed E-state index contributed by atoms with van der Waals surface area (Å²) in [5.41, 5.74) is 3.69. The second-order valence-electron chi connectivity index (χ2n) is 6.56. The van der Waals surface area contributed by atoms with E-state index in [0.29, 0.717) is 6.61 Å². The third kappa shape index (κ3) is 4.37. The molecule has 0 spiro atoms. The van der Waals surface area contributed by atoms with E-state index in [1.54, 1.807) is 0 Å². The molecule has 4 heteroatoms. The van der Waals surface area contributed by atoms with Gasteiger partial charge in [0.2, 0.25) is 0 Å². The molecule has 0 saturated carbocycles. The number of thiophene rings is 1. The molecule has 0 N–H and O–H groups in total. The van der Waals surface area contributed by atoms with Crippen LogP contribution in [0.2, 0.25) is 5.02 Å². The van der Waals surface area contributed by atoms with Crippen molar-refractivity contribution in [2.45, 2.75) is 20.0 Å². The molecule has 0 amide bonds. The second kappa shape index (κ2) is 8.05. The van der Waals surface area contributed by atoms with Crippen LogP contribution in [0.1, 0.15) is 21.6 Å². The number of hydrogen-bond donors (Lipinski definition) is 0. The summed E-state index contributed by atoms with van der Waals surface area (Å²) in [4.78, 5) is 1.33. The molecule has 136 valence electrons. The lowest BCUT2D eigenvalue weighted by Gasteiger charge is -2.12. The molecule has 0 bridgehead atoms. The molecule has 27 heavy (non-hydrogen) atoms. The van der Waals surface area contributed by atoms with Gasteiger partial charge in [-0.1, -0.05) is 41.9 Å². The molecule has 4 aromatic rings. The highest BCUT2D eigenvalue weighted by Gasteiger charge is 2.10. The lowest BCUT2D eigenvalue weighted by Crippen LogP contribution is -1.98. The van der Waals surface area contributed by atoms with E-state index in [4.69, 9.17) is 16.3 Å². The van der Waals surface area contributed by atoms with Gasteiger partial charge in [0.1, 0.15) is 12.4 Å². The average Bonchev–Trinajstić information content (AvgIpc) is 3.05. The maximum Gasteiger partial charge on any atom is 0.134 e. The van der Waals surface area contributed by atoms with E-state index in [1.807, 2.05) is 41.7 Å². The van der Waals surface area contributed by atoms with Gasteiger partial charge in [0.15, 0.2) is 0 Å². The maximum atomic E-state index is 6.11. The first-order valence-corrected chi connectivity index (χ1v) is 10.7. The third-order valence-electron chi connectivity index (χ3n) is 4.52. The first-order valence-electron chi connectivity index (χ1n) is 8.72. The Morgan fingerprint density at radius 2 is 1.81 bits per heavy atom. The highest BCUT2D eigenvalue weighted by molar-refractivity contribution is 9.10. The molecule has 0 atom stereocenters. The van der Waals surface area contributed by atoms with Crippen LogP contribution in [0.15, 0.2) is 71.2 Å². The van der Waals surface area contributed by atoms with Gasteiger partial charge >= 0.3 is 0 Å². The monoisotopic (exact) mass is 456 g/mol. The van der Waals surface area contributed by atoms with Crippen LogP contribution < -0.4 is 4.74 Å². The van der Waals surface area contributed by atoms with E-state index in [1.165, 1.54) is 26.1 Å². The number of ether oxygens (including phenoxy) is 1. The minimum atomic E-state index is 0.565. The first-order chi connectivity index (χ1) is 13.1. The van der Waals surface area contributed by atoms with Crippen LogP contribution in [0.5, 0.6) is 5.75 Å². The van der Waals surface area contributed by atoms with E-state index < -0.39 is 0 Å². The SMILES string of the molecule is Cc1cc(OCc2ccccc2)c(Br)cc1Cc1cc2cc(Cl)ccc2s1. The molecule has 0 unspecified atom stereocenters. The van der Waals surface area contributed by atoms with Crippen LogP contribution in [0.4, 0.5) is 0 Å². The highest BCUT2D eigenvalue weighted by Crippen LogP contribution is 2.33. The maximum absolute atomic E-state index is 6.11. The van der Waals surface area contributed by atoms with Gasteiger partial charge in [-0.15, -0.1) is 11.3 Å². The fraction of sp³-hybridized carbons (Fsp3) is 0.130. The zero-order chi connectivity index (χ0) is 18.8. The summed E-state index contributed by atoms with van der Waals surface area (Å²) < 4.78 is 8.27. The zero-order valence-corrected chi connectivity index (χ0v) is 18.0. The zero-order valence-electron chi connectivity index (χ0n) is 14.8. The van der Waals surface area contributed by atoms with Crippen molar-refractivity contribution >= 4 is 49.0 Å². The van der Waals surface area contributed by atoms with E-state index in [-0.39, 0.29) is 0 Å². The van der Waals surface area contributed by atoms with Gasteiger partial charge < -0.3 is 4.74 Å². The van der Waals surface area contributed by atoms with Gasteiger partial charge in [-0.25, -0.2) is 0 Å². The summed E-state index contributed by atoms with van der Waals surface area (Å²) in [5.74, 6) is 0.878. The molecule has 1 heterocycles. The highest BCUT2D eigenvalue weighted by atomic mass is 79.9. The normalized spacial score (nSPS) is 11.1. The molecule has 0 saturated heterocycles. The van der Waals surface area contributed by atoms with Crippen LogP contribution in [-0.2, 0) is 13.0 Å². The van der Waals surface area contributed by atoms with Crippen molar-refractivity contribution < 1.29 is 4.74 Å². The standard InChI is InChI=1S/C23H18BrClOS/c1-15-9-22(26-14-16-5-3-2-4-6-16)21(24)13-17(15)11-20-12-18-10-19(25)7-8-23(18)27-20/h2-10,12-13H,11,14H2,1H3. The van der Waals surface area contributed by atoms with E-state index in [9.17, 15) is 0 Å². The Morgan fingerprint density at radius 1 is 1.00 bits per heavy atom. The molecule has 0 fully saturated rings. The number of fused-ring (bicyclic) bond motifs is 1. The molecule has 1 nitrogen and oxygen atoms in total. The molecular formula is C23H18BrClOS. The molecule has 0 radical (unpaired) electrons. The summed E-state index contributed by atoms with van der Waals surface area (Å²) in [6.45, 7) is 2.70. The van der Waals surface area contributed by atoms with E-state index in [2.05, 4.69) is 59.3 Å². The minimum absolute atomic E-state index is 0.565. The molecular weight excluding hydrogens is 440 g/mol. The number of rotatable bonds is 5. The fourth-order valence-corrected chi connectivity index (χ4v) is 4.83. The molecule has 4 rings (SSSR count). The Morgan fingerprint density at radius 3 is 2.63 bits per heavy atom. The Hall–Kier alpha value is -1.81. The lowest BCUT2D eigenvalue weighted by atomic mass is 10.0. The second-order valence-corrected chi connectivity index (χ2v) is 9.01. The largest absolute Gasteiger partial charge is 0.488 e. The number of halogens is 2. The van der Waals surface area contributed by atoms with Gasteiger partial charge in [-0.2, -0.15) is 0 Å². The predicted molar refractivity (Wildman–Crippen MR) is 119 cm³/mol. The Labute approximate surface area is 176 Å². The number of hydrogen-bond acceptors (Lipinski definition) is 2. The van der Waals surface area contributed by atoms with Crippen LogP contribution in [0.25, 0.3) is 10.1 Å². The van der Waals surface area contributed by atoms with Crippen LogP contribution in [0.3, 0.4) is 0 Å². The Balaban J connectivity index is 1.53. The van der Waals surface area contributed by atoms with Gasteiger partial charge in [-0.05, 0) is 81.3 Å². The van der Waals surface area contributed by atoms with Gasteiger partial charge in [-0.3, -0.25) is 0 Å². The molecule has 1 aromatic heterocycles. The summed E-state index contributed by atoms with van der Waals surface area (Å²) in [6, 6.07) is 22.8. The minimum Gasteiger partial charge on any atom is -0.488 e. The Kier molecular flexibility index (Phi) is 5.53. The lowest BCUT2D eigenvalue weighted by molar-refractivity contribution is 0.304. The number of aryl methyl sites for hydroxylation is 1. The van der Waals surface area contributed by atoms with Crippen molar-refractivity contribution in [2.75, 3.05) is 0 Å². The summed E-state index contributed by atoms with van der Waals surface area (Å²) in [7, 11) is 0. The van der Waals surface area contributed by atoms with Crippen molar-refractivity contribution in [3.8, 4) is 5.75 Å². The first kappa shape index (κ1) is 18.5.